The molecule has 0 heterocycles. The predicted octanol–water partition coefficient (Wildman–Crippen LogP) is -0.880. The molecule has 0 aromatic heterocycles. The van der Waals surface area contributed by atoms with E-state index in [1.807, 2.05) is 0 Å². The van der Waals surface area contributed by atoms with Gasteiger partial charge in [0.25, 0.3) is 5.24 Å². The summed E-state index contributed by atoms with van der Waals surface area (Å²) in [5, 5.41) is 24.1. The Bertz CT molecular complexity index is 350. The first kappa shape index (κ1) is 13.6. The predicted molar refractivity (Wildman–Crippen MR) is 67.1 cm³/mol. The van der Waals surface area contributed by atoms with Gasteiger partial charge >= 0.3 is 0 Å². The summed E-state index contributed by atoms with van der Waals surface area (Å²) >= 11 is 3.54. The molecule has 0 aromatic carbocycles. The molecule has 2 bridgehead atoms. The number of nitrogens with one attached hydrogen (secondary N) is 2. The van der Waals surface area contributed by atoms with Crippen molar-refractivity contribution in [3.63, 3.8) is 0 Å². The normalized spacial score (nSPS) is 37.6. The smallest absolute Gasteiger partial charge is 0.276 e. The van der Waals surface area contributed by atoms with Gasteiger partial charge in [-0.15, -0.1) is 0 Å². The van der Waals surface area contributed by atoms with Crippen molar-refractivity contribution in [1.29, 1.82) is 0 Å². The van der Waals surface area contributed by atoms with Crippen molar-refractivity contribution in [2.75, 3.05) is 13.1 Å². The summed E-state index contributed by atoms with van der Waals surface area (Å²) in [6.07, 6.45) is -0.110. The van der Waals surface area contributed by atoms with Crippen molar-refractivity contribution in [2.24, 2.45) is 17.8 Å². The van der Waals surface area contributed by atoms with Gasteiger partial charge < -0.3 is 20.8 Å². The number of thiol groups is 1. The van der Waals surface area contributed by atoms with Crippen molar-refractivity contribution >= 4 is 23.8 Å². The summed E-state index contributed by atoms with van der Waals surface area (Å²) in [6.45, 7) is 0.678. The van der Waals surface area contributed by atoms with Crippen LogP contribution < -0.4 is 10.6 Å². The number of aliphatic hydroxyl groups is 2. The number of rotatable bonds is 4. The van der Waals surface area contributed by atoms with Gasteiger partial charge in [-0.25, -0.2) is 0 Å². The van der Waals surface area contributed by atoms with Gasteiger partial charge in [-0.2, -0.15) is 0 Å². The van der Waals surface area contributed by atoms with E-state index >= 15 is 0 Å². The van der Waals surface area contributed by atoms with Gasteiger partial charge in [-0.3, -0.25) is 9.59 Å². The zero-order chi connectivity index (χ0) is 13.3. The highest BCUT2D eigenvalue weighted by Gasteiger charge is 2.53. The van der Waals surface area contributed by atoms with Crippen LogP contribution in [-0.2, 0) is 4.79 Å². The molecule has 0 spiro atoms. The van der Waals surface area contributed by atoms with Gasteiger partial charge in [0.1, 0.15) is 0 Å². The van der Waals surface area contributed by atoms with Gasteiger partial charge in [0.15, 0.2) is 0 Å². The van der Waals surface area contributed by atoms with E-state index in [0.29, 0.717) is 25.9 Å². The number of amides is 2. The maximum Gasteiger partial charge on any atom is 0.276 e. The summed E-state index contributed by atoms with van der Waals surface area (Å²) < 4.78 is 0. The SMILES string of the molecule is O=C(S)NCCNC(=O)[C@H]1C[C@@H]2C[C@H]1[C@@H](O)[C@H]2O. The zero-order valence-corrected chi connectivity index (χ0v) is 10.8. The van der Waals surface area contributed by atoms with E-state index in [4.69, 9.17) is 0 Å². The minimum Gasteiger partial charge on any atom is -0.390 e. The fourth-order valence-corrected chi connectivity index (χ4v) is 3.20. The van der Waals surface area contributed by atoms with Crippen LogP contribution in [0.4, 0.5) is 4.79 Å². The lowest BCUT2D eigenvalue weighted by atomic mass is 9.84. The average molecular weight is 274 g/mol. The van der Waals surface area contributed by atoms with Crippen LogP contribution in [0.2, 0.25) is 0 Å². The highest BCUT2D eigenvalue weighted by Crippen LogP contribution is 2.48. The van der Waals surface area contributed by atoms with Crippen LogP contribution in [-0.4, -0.2) is 46.7 Å². The van der Waals surface area contributed by atoms with Gasteiger partial charge in [-0.05, 0) is 24.7 Å². The Morgan fingerprint density at radius 3 is 2.33 bits per heavy atom. The molecule has 2 fully saturated rings. The zero-order valence-electron chi connectivity index (χ0n) is 9.87. The molecule has 102 valence electrons. The van der Waals surface area contributed by atoms with Crippen LogP contribution in [0.3, 0.4) is 0 Å². The van der Waals surface area contributed by atoms with Crippen molar-refractivity contribution in [2.45, 2.75) is 25.0 Å². The van der Waals surface area contributed by atoms with E-state index in [1.165, 1.54) is 0 Å². The second-order valence-electron chi connectivity index (χ2n) is 5.01. The molecule has 0 radical (unpaired) electrons. The van der Waals surface area contributed by atoms with E-state index < -0.39 is 17.4 Å². The maximum absolute atomic E-state index is 11.9. The second-order valence-corrected chi connectivity index (χ2v) is 5.41. The number of fused-ring (bicyclic) bond motifs is 2. The minimum atomic E-state index is -0.781. The van der Waals surface area contributed by atoms with Crippen molar-refractivity contribution in [3.8, 4) is 0 Å². The molecule has 18 heavy (non-hydrogen) atoms. The van der Waals surface area contributed by atoms with E-state index in [-0.39, 0.29) is 23.7 Å². The van der Waals surface area contributed by atoms with E-state index in [1.54, 1.807) is 0 Å². The lowest BCUT2D eigenvalue weighted by Crippen LogP contribution is -2.44. The van der Waals surface area contributed by atoms with Crippen molar-refractivity contribution in [3.05, 3.63) is 0 Å². The Kier molecular flexibility index (Phi) is 4.14. The maximum atomic E-state index is 11.9. The number of carbonyl (C=O) groups excluding carboxylic acids is 2. The molecule has 0 aromatic rings. The molecule has 2 rings (SSSR count). The van der Waals surface area contributed by atoms with Gasteiger partial charge in [0.05, 0.1) is 12.2 Å². The third kappa shape index (κ3) is 2.62. The van der Waals surface area contributed by atoms with Crippen molar-refractivity contribution < 1.29 is 19.8 Å². The summed E-state index contributed by atoms with van der Waals surface area (Å²) in [6, 6.07) is 0. The summed E-state index contributed by atoms with van der Waals surface area (Å²) in [5.41, 5.74) is 0. The van der Waals surface area contributed by atoms with Gasteiger partial charge in [0, 0.05) is 19.0 Å². The number of carbonyl (C=O) groups is 2. The molecule has 0 unspecified atom stereocenters. The summed E-state index contributed by atoms with van der Waals surface area (Å²) in [4.78, 5) is 22.4. The third-order valence-corrected chi connectivity index (χ3v) is 4.12. The van der Waals surface area contributed by atoms with Crippen LogP contribution in [0.1, 0.15) is 12.8 Å². The number of aliphatic hydroxyl groups excluding tert-OH is 2. The molecule has 0 saturated heterocycles. The van der Waals surface area contributed by atoms with E-state index in [0.717, 1.165) is 0 Å². The quantitative estimate of drug-likeness (QED) is 0.339. The van der Waals surface area contributed by atoms with Gasteiger partial charge in [0.2, 0.25) is 5.91 Å². The Morgan fingerprint density at radius 1 is 1.11 bits per heavy atom. The van der Waals surface area contributed by atoms with Crippen LogP contribution >= 0.6 is 12.6 Å². The van der Waals surface area contributed by atoms with Crippen LogP contribution in [0.15, 0.2) is 0 Å². The topological polar surface area (TPSA) is 98.7 Å². The Morgan fingerprint density at radius 2 is 1.78 bits per heavy atom. The molecule has 2 aliphatic rings. The molecule has 5 atom stereocenters. The van der Waals surface area contributed by atoms with Crippen LogP contribution in [0, 0.1) is 17.8 Å². The van der Waals surface area contributed by atoms with Crippen LogP contribution in [0.5, 0.6) is 0 Å². The molecule has 2 amide bonds. The molecule has 2 aliphatic carbocycles. The molecule has 2 saturated carbocycles. The Balaban J connectivity index is 1.76. The third-order valence-electron chi connectivity index (χ3n) is 3.96. The van der Waals surface area contributed by atoms with Crippen LogP contribution in [0.25, 0.3) is 0 Å². The molecule has 6 nitrogen and oxygen atoms in total. The minimum absolute atomic E-state index is 0.0397. The molecule has 4 N–H and O–H groups in total. The fraction of sp³-hybridized carbons (Fsp3) is 0.818. The first-order valence-corrected chi connectivity index (χ1v) is 6.56. The standard InChI is InChI=1S/C11H18N2O4S/c14-8-5-3-6(9(8)15)7(4-5)10(16)12-1-2-13-11(17)18/h5-9,14-15H,1-4H2,(H,12,16)(H2,13,17,18)/t5-,6+,7-,8-,9+/m0/s1. The molecule has 0 aliphatic heterocycles. The van der Waals surface area contributed by atoms with E-state index in [2.05, 4.69) is 23.3 Å². The Labute approximate surface area is 111 Å². The average Bonchev–Trinajstić information content (AvgIpc) is 2.86. The first-order chi connectivity index (χ1) is 8.50. The lowest BCUT2D eigenvalue weighted by Gasteiger charge is -2.28. The summed E-state index contributed by atoms with van der Waals surface area (Å²) in [7, 11) is 0. The molecule has 7 heteroatoms. The fourth-order valence-electron chi connectivity index (χ4n) is 3.09. The lowest BCUT2D eigenvalue weighted by molar-refractivity contribution is -0.130. The first-order valence-electron chi connectivity index (χ1n) is 6.11. The molecular weight excluding hydrogens is 256 g/mol. The second kappa shape index (κ2) is 5.46. The monoisotopic (exact) mass is 274 g/mol. The molecular formula is C11H18N2O4S. The highest BCUT2D eigenvalue weighted by atomic mass is 32.1. The van der Waals surface area contributed by atoms with Gasteiger partial charge in [-0.1, -0.05) is 12.6 Å². The number of hydrogen-bond acceptors (Lipinski definition) is 4. The highest BCUT2D eigenvalue weighted by molar-refractivity contribution is 7.96. The Hall–Kier alpha value is -0.790. The largest absolute Gasteiger partial charge is 0.390 e. The number of hydrogen-bond donors (Lipinski definition) is 5. The summed E-state index contributed by atoms with van der Waals surface area (Å²) in [5.74, 6) is -0.427. The van der Waals surface area contributed by atoms with Crippen molar-refractivity contribution in [1.82, 2.24) is 10.6 Å². The van der Waals surface area contributed by atoms with E-state index in [9.17, 15) is 19.8 Å².